The summed E-state index contributed by atoms with van der Waals surface area (Å²) < 4.78 is 77.9. The van der Waals surface area contributed by atoms with Crippen LogP contribution in [0.2, 0.25) is 0 Å². The lowest BCUT2D eigenvalue weighted by Gasteiger charge is -2.11. The Hall–Kier alpha value is -4.94. The van der Waals surface area contributed by atoms with E-state index in [2.05, 4.69) is 10.6 Å². The van der Waals surface area contributed by atoms with Gasteiger partial charge in [0, 0.05) is 35.7 Å². The summed E-state index contributed by atoms with van der Waals surface area (Å²) in [7, 11) is 3.13. The summed E-state index contributed by atoms with van der Waals surface area (Å²) in [5.74, 6) is 0.812. The van der Waals surface area contributed by atoms with Gasteiger partial charge in [-0.25, -0.2) is 0 Å². The average molecular weight is 749 g/mol. The van der Waals surface area contributed by atoms with Crippen LogP contribution in [-0.2, 0) is 12.4 Å². The Morgan fingerprint density at radius 2 is 0.885 bits per heavy atom. The fourth-order valence-corrected chi connectivity index (χ4v) is 7.58. The van der Waals surface area contributed by atoms with Crippen molar-refractivity contribution in [3.63, 3.8) is 0 Å². The predicted octanol–water partition coefficient (Wildman–Crippen LogP) is 10.9. The highest BCUT2D eigenvalue weighted by Crippen LogP contribution is 2.35. The Bertz CT molecular complexity index is 2060. The highest BCUT2D eigenvalue weighted by atomic mass is 33.1. The number of hydrogen-bond acceptors (Lipinski definition) is 4. The van der Waals surface area contributed by atoms with Gasteiger partial charge in [0.25, 0.3) is 11.8 Å². The Kier molecular flexibility index (Phi) is 11.2. The maximum Gasteiger partial charge on any atom is 0.416 e. The maximum absolute atomic E-state index is 13.0. The highest BCUT2D eigenvalue weighted by molar-refractivity contribution is 8.76. The number of alkyl halides is 6. The predicted molar refractivity (Wildman–Crippen MR) is 198 cm³/mol. The van der Waals surface area contributed by atoms with Gasteiger partial charge in [-0.15, -0.1) is 0 Å². The number of benzene rings is 6. The molecule has 0 unspecified atom stereocenters. The minimum absolute atomic E-state index is 0.235. The van der Waals surface area contributed by atoms with E-state index in [-0.39, 0.29) is 11.8 Å². The Labute approximate surface area is 303 Å². The fourth-order valence-electron chi connectivity index (χ4n) is 5.77. The van der Waals surface area contributed by atoms with E-state index in [4.69, 9.17) is 0 Å². The number of carbonyl (C=O) groups excluding carboxylic acids is 2. The van der Waals surface area contributed by atoms with Crippen molar-refractivity contribution in [2.45, 2.75) is 12.4 Å². The Balaban J connectivity index is 0.939. The van der Waals surface area contributed by atoms with Gasteiger partial charge in [0.2, 0.25) is 0 Å². The number of fused-ring (bicyclic) bond motifs is 2. The van der Waals surface area contributed by atoms with E-state index in [0.717, 1.165) is 56.9 Å². The summed E-state index contributed by atoms with van der Waals surface area (Å²) in [6.07, 6.45) is -8.81. The van der Waals surface area contributed by atoms with Gasteiger partial charge in [-0.3, -0.25) is 9.59 Å². The van der Waals surface area contributed by atoms with E-state index in [1.807, 2.05) is 24.3 Å². The van der Waals surface area contributed by atoms with Crippen LogP contribution in [0.1, 0.15) is 31.8 Å². The zero-order chi connectivity index (χ0) is 36.9. The fraction of sp³-hybridized carbons (Fsp3) is 0.150. The first-order valence-electron chi connectivity index (χ1n) is 16.1. The Morgan fingerprint density at radius 3 is 1.25 bits per heavy atom. The maximum atomic E-state index is 13.0. The van der Waals surface area contributed by atoms with E-state index in [1.165, 1.54) is 24.3 Å². The molecule has 0 atom stereocenters. The van der Waals surface area contributed by atoms with E-state index in [1.54, 1.807) is 70.1 Å². The molecule has 52 heavy (non-hydrogen) atoms. The third-order valence-electron chi connectivity index (χ3n) is 8.36. The Morgan fingerprint density at radius 1 is 0.500 bits per heavy atom. The first kappa shape index (κ1) is 36.8. The molecule has 6 rings (SSSR count). The smallest absolute Gasteiger partial charge is 0.351 e. The standard InChI is InChI=1S/C40H30F6N2O2S2/c41-39(42,43)31-13-7-25(8-14-31)33-5-1-3-27-23-29(11-17-35(27)33)37(49)47-19-21-51-52-22-20-48-38(50)30-12-18-36-28(24-30)4-2-6-34(36)26-9-15-32(16-10-26)40(44,45)46/h1-18,23-24H,19-22H2,(H,47,49)(H,48,50). The van der Waals surface area contributed by atoms with Gasteiger partial charge in [-0.2, -0.15) is 26.3 Å². The van der Waals surface area contributed by atoms with E-state index in [9.17, 15) is 35.9 Å². The number of nitrogens with one attached hydrogen (secondary N) is 2. The number of rotatable bonds is 11. The van der Waals surface area contributed by atoms with Crippen LogP contribution in [-0.4, -0.2) is 36.4 Å². The zero-order valence-electron chi connectivity index (χ0n) is 27.3. The van der Waals surface area contributed by atoms with Crippen molar-refractivity contribution in [1.82, 2.24) is 10.6 Å². The summed E-state index contributed by atoms with van der Waals surface area (Å²) >= 11 is 0. The van der Waals surface area contributed by atoms with Crippen LogP contribution in [0.5, 0.6) is 0 Å². The monoisotopic (exact) mass is 748 g/mol. The van der Waals surface area contributed by atoms with Crippen LogP contribution in [0.4, 0.5) is 26.3 Å². The van der Waals surface area contributed by atoms with Crippen molar-refractivity contribution in [1.29, 1.82) is 0 Å². The molecule has 2 amide bonds. The van der Waals surface area contributed by atoms with Crippen molar-refractivity contribution in [3.05, 3.63) is 144 Å². The molecule has 0 saturated carbocycles. The van der Waals surface area contributed by atoms with Crippen LogP contribution in [0.15, 0.2) is 121 Å². The third kappa shape index (κ3) is 8.74. The molecular formula is C40H30F6N2O2S2. The quantitative estimate of drug-likeness (QED) is 0.0787. The topological polar surface area (TPSA) is 58.2 Å². The number of hydrogen-bond donors (Lipinski definition) is 2. The van der Waals surface area contributed by atoms with Gasteiger partial charge in [0.1, 0.15) is 0 Å². The van der Waals surface area contributed by atoms with Crippen molar-refractivity contribution in [3.8, 4) is 22.3 Å². The second-order valence-corrected chi connectivity index (χ2v) is 14.5. The van der Waals surface area contributed by atoms with E-state index >= 15 is 0 Å². The largest absolute Gasteiger partial charge is 0.416 e. The molecular weight excluding hydrogens is 719 g/mol. The van der Waals surface area contributed by atoms with E-state index in [0.29, 0.717) is 46.8 Å². The van der Waals surface area contributed by atoms with Crippen LogP contribution < -0.4 is 10.6 Å². The van der Waals surface area contributed by atoms with Crippen molar-refractivity contribution >= 4 is 54.9 Å². The molecule has 266 valence electrons. The molecule has 0 fully saturated rings. The molecule has 12 heteroatoms. The van der Waals surface area contributed by atoms with Gasteiger partial charge in [0.05, 0.1) is 11.1 Å². The SMILES string of the molecule is O=C(NCCSSCCNC(=O)c1ccc2c(-c3ccc(C(F)(F)F)cc3)cccc2c1)c1ccc2c(-c3ccc(C(F)(F)F)cc3)cccc2c1. The summed E-state index contributed by atoms with van der Waals surface area (Å²) in [4.78, 5) is 25.6. The minimum Gasteiger partial charge on any atom is -0.351 e. The second-order valence-electron chi connectivity index (χ2n) is 11.8. The van der Waals surface area contributed by atoms with Gasteiger partial charge in [-0.05, 0) is 92.3 Å². The number of halogens is 6. The van der Waals surface area contributed by atoms with Crippen LogP contribution >= 0.6 is 21.6 Å². The van der Waals surface area contributed by atoms with Gasteiger partial charge in [-0.1, -0.05) is 94.4 Å². The molecule has 4 nitrogen and oxygen atoms in total. The first-order valence-corrected chi connectivity index (χ1v) is 18.6. The molecule has 6 aromatic carbocycles. The summed E-state index contributed by atoms with van der Waals surface area (Å²) in [5.41, 5.74) is 2.36. The summed E-state index contributed by atoms with van der Waals surface area (Å²) in [6, 6.07) is 31.5. The molecule has 0 aliphatic rings. The molecule has 2 N–H and O–H groups in total. The molecule has 0 heterocycles. The molecule has 0 aliphatic heterocycles. The van der Waals surface area contributed by atoms with Crippen molar-refractivity contribution in [2.75, 3.05) is 24.6 Å². The summed E-state index contributed by atoms with van der Waals surface area (Å²) in [6.45, 7) is 0.857. The molecule has 0 spiro atoms. The van der Waals surface area contributed by atoms with Gasteiger partial charge >= 0.3 is 12.4 Å². The molecule has 0 radical (unpaired) electrons. The van der Waals surface area contributed by atoms with Crippen molar-refractivity contribution in [2.24, 2.45) is 0 Å². The third-order valence-corrected chi connectivity index (χ3v) is 10.8. The van der Waals surface area contributed by atoms with E-state index < -0.39 is 23.5 Å². The number of amides is 2. The zero-order valence-corrected chi connectivity index (χ0v) is 28.9. The van der Waals surface area contributed by atoms with Crippen LogP contribution in [0, 0.1) is 0 Å². The second kappa shape index (κ2) is 15.7. The lowest BCUT2D eigenvalue weighted by molar-refractivity contribution is -0.138. The van der Waals surface area contributed by atoms with Crippen LogP contribution in [0.3, 0.4) is 0 Å². The van der Waals surface area contributed by atoms with Crippen molar-refractivity contribution < 1.29 is 35.9 Å². The molecule has 6 aromatic rings. The highest BCUT2D eigenvalue weighted by Gasteiger charge is 2.31. The lowest BCUT2D eigenvalue weighted by Crippen LogP contribution is -2.26. The minimum atomic E-state index is -4.41. The molecule has 0 aliphatic carbocycles. The lowest BCUT2D eigenvalue weighted by atomic mass is 9.96. The number of carbonyl (C=O) groups is 2. The van der Waals surface area contributed by atoms with Gasteiger partial charge in [0.15, 0.2) is 0 Å². The first-order chi connectivity index (χ1) is 24.9. The molecule has 0 aromatic heterocycles. The average Bonchev–Trinajstić information content (AvgIpc) is 3.14. The normalized spacial score (nSPS) is 11.9. The van der Waals surface area contributed by atoms with Gasteiger partial charge < -0.3 is 10.6 Å². The summed E-state index contributed by atoms with van der Waals surface area (Å²) in [5, 5.41) is 9.04. The molecule has 0 saturated heterocycles. The van der Waals surface area contributed by atoms with Crippen LogP contribution in [0.25, 0.3) is 43.8 Å². The molecule has 0 bridgehead atoms.